The van der Waals surface area contributed by atoms with Crippen LogP contribution >= 0.6 is 0 Å². The molecule has 1 fully saturated rings. The molecular formula is C16H22N4O4S. The van der Waals surface area contributed by atoms with E-state index in [0.29, 0.717) is 31.0 Å². The molecule has 2 aromatic rings. The lowest BCUT2D eigenvalue weighted by molar-refractivity contribution is -0.119. The molecule has 1 amide bonds. The van der Waals surface area contributed by atoms with Crippen molar-refractivity contribution < 1.29 is 17.6 Å². The number of nitrogens with zero attached hydrogens (tertiary/aromatic N) is 2. The number of carbonyl (C=O) groups is 1. The minimum Gasteiger partial charge on any atom is -0.442 e. The SMILES string of the molecule is CC(=O)NCC[C@@H]1CCCCN1S(=O)(=O)c1ccc(-c2ccn[nH]2)o1. The number of H-pyrrole nitrogens is 1. The summed E-state index contributed by atoms with van der Waals surface area (Å²) in [5.41, 5.74) is 0.627. The van der Waals surface area contributed by atoms with Crippen LogP contribution in [0.1, 0.15) is 32.6 Å². The average molecular weight is 366 g/mol. The molecule has 0 radical (unpaired) electrons. The first-order valence-electron chi connectivity index (χ1n) is 8.34. The monoisotopic (exact) mass is 366 g/mol. The molecule has 0 aliphatic carbocycles. The van der Waals surface area contributed by atoms with Crippen molar-refractivity contribution in [3.05, 3.63) is 24.4 Å². The van der Waals surface area contributed by atoms with Crippen LogP contribution in [-0.4, -0.2) is 48.0 Å². The molecule has 1 saturated heterocycles. The molecule has 2 N–H and O–H groups in total. The normalized spacial score (nSPS) is 19.0. The van der Waals surface area contributed by atoms with Gasteiger partial charge in [-0.15, -0.1) is 0 Å². The van der Waals surface area contributed by atoms with Crippen molar-refractivity contribution in [2.24, 2.45) is 0 Å². The fourth-order valence-electron chi connectivity index (χ4n) is 3.11. The van der Waals surface area contributed by atoms with Gasteiger partial charge in [-0.1, -0.05) is 6.42 Å². The van der Waals surface area contributed by atoms with Gasteiger partial charge in [-0.25, -0.2) is 8.42 Å². The highest BCUT2D eigenvalue weighted by molar-refractivity contribution is 7.89. The Labute approximate surface area is 146 Å². The first-order valence-corrected chi connectivity index (χ1v) is 9.78. The van der Waals surface area contributed by atoms with Crippen LogP contribution in [0.5, 0.6) is 0 Å². The Bertz CT molecular complexity index is 813. The van der Waals surface area contributed by atoms with Gasteiger partial charge in [-0.3, -0.25) is 9.89 Å². The zero-order valence-corrected chi connectivity index (χ0v) is 14.9. The van der Waals surface area contributed by atoms with Gasteiger partial charge < -0.3 is 9.73 Å². The summed E-state index contributed by atoms with van der Waals surface area (Å²) in [6.07, 6.45) is 4.76. The summed E-state index contributed by atoms with van der Waals surface area (Å²) in [6, 6.07) is 4.68. The topological polar surface area (TPSA) is 108 Å². The van der Waals surface area contributed by atoms with Gasteiger partial charge in [0, 0.05) is 32.3 Å². The second-order valence-electron chi connectivity index (χ2n) is 6.13. The van der Waals surface area contributed by atoms with E-state index in [0.717, 1.165) is 19.3 Å². The van der Waals surface area contributed by atoms with Crippen LogP contribution in [0, 0.1) is 0 Å². The van der Waals surface area contributed by atoms with Gasteiger partial charge in [0.1, 0.15) is 5.69 Å². The third-order valence-corrected chi connectivity index (χ3v) is 6.16. The summed E-state index contributed by atoms with van der Waals surface area (Å²) < 4.78 is 33.1. The lowest BCUT2D eigenvalue weighted by Gasteiger charge is -2.34. The van der Waals surface area contributed by atoms with Crippen LogP contribution in [0.4, 0.5) is 0 Å². The van der Waals surface area contributed by atoms with Gasteiger partial charge in [0.25, 0.3) is 10.0 Å². The van der Waals surface area contributed by atoms with Gasteiger partial charge in [0.2, 0.25) is 11.0 Å². The summed E-state index contributed by atoms with van der Waals surface area (Å²) in [5.74, 6) is 0.323. The number of furan rings is 1. The minimum absolute atomic E-state index is 0.0662. The molecule has 3 rings (SSSR count). The number of carbonyl (C=O) groups excluding carboxylic acids is 1. The zero-order valence-electron chi connectivity index (χ0n) is 14.1. The predicted octanol–water partition coefficient (Wildman–Crippen LogP) is 1.74. The summed E-state index contributed by atoms with van der Waals surface area (Å²) in [6.45, 7) is 2.38. The van der Waals surface area contributed by atoms with E-state index in [2.05, 4.69) is 15.5 Å². The van der Waals surface area contributed by atoms with Crippen molar-refractivity contribution in [1.82, 2.24) is 19.8 Å². The first kappa shape index (κ1) is 17.7. The molecule has 2 aromatic heterocycles. The summed E-state index contributed by atoms with van der Waals surface area (Å²) in [5, 5.41) is 9.26. The molecule has 0 bridgehead atoms. The second-order valence-corrected chi connectivity index (χ2v) is 7.95. The van der Waals surface area contributed by atoms with Crippen LogP contribution in [-0.2, 0) is 14.8 Å². The van der Waals surface area contributed by atoms with Crippen LogP contribution in [0.2, 0.25) is 0 Å². The van der Waals surface area contributed by atoms with E-state index in [1.165, 1.54) is 17.3 Å². The van der Waals surface area contributed by atoms with Crippen molar-refractivity contribution in [2.75, 3.05) is 13.1 Å². The fourth-order valence-corrected chi connectivity index (χ4v) is 4.74. The highest BCUT2D eigenvalue weighted by atomic mass is 32.2. The number of sulfonamides is 1. The maximum Gasteiger partial charge on any atom is 0.276 e. The highest BCUT2D eigenvalue weighted by Crippen LogP contribution is 2.30. The lowest BCUT2D eigenvalue weighted by atomic mass is 10.0. The third kappa shape index (κ3) is 3.93. The fraction of sp³-hybridized carbons (Fsp3) is 0.500. The number of nitrogens with one attached hydrogen (secondary N) is 2. The summed E-state index contributed by atoms with van der Waals surface area (Å²) in [7, 11) is -3.71. The van der Waals surface area contributed by atoms with Gasteiger partial charge in [0.05, 0.1) is 0 Å². The number of amides is 1. The molecule has 3 heterocycles. The Morgan fingerprint density at radius 2 is 2.24 bits per heavy atom. The Morgan fingerprint density at radius 3 is 2.96 bits per heavy atom. The number of hydrogen-bond donors (Lipinski definition) is 2. The van der Waals surface area contributed by atoms with Crippen molar-refractivity contribution in [3.8, 4) is 11.5 Å². The molecular weight excluding hydrogens is 344 g/mol. The predicted molar refractivity (Wildman–Crippen MR) is 91.1 cm³/mol. The van der Waals surface area contributed by atoms with E-state index in [1.54, 1.807) is 18.3 Å². The summed E-state index contributed by atoms with van der Waals surface area (Å²) >= 11 is 0. The number of hydrogen-bond acceptors (Lipinski definition) is 5. The van der Waals surface area contributed by atoms with Crippen LogP contribution in [0.15, 0.2) is 33.9 Å². The Hall–Kier alpha value is -2.13. The first-order chi connectivity index (χ1) is 12.0. The molecule has 1 aliphatic heterocycles. The minimum atomic E-state index is -3.71. The molecule has 136 valence electrons. The zero-order chi connectivity index (χ0) is 17.9. The molecule has 0 aromatic carbocycles. The number of piperidine rings is 1. The average Bonchev–Trinajstić information content (AvgIpc) is 3.26. The largest absolute Gasteiger partial charge is 0.442 e. The van der Waals surface area contributed by atoms with E-state index >= 15 is 0 Å². The van der Waals surface area contributed by atoms with Crippen molar-refractivity contribution >= 4 is 15.9 Å². The maximum atomic E-state index is 13.0. The maximum absolute atomic E-state index is 13.0. The van der Waals surface area contributed by atoms with Crippen molar-refractivity contribution in [1.29, 1.82) is 0 Å². The van der Waals surface area contributed by atoms with E-state index in [-0.39, 0.29) is 17.0 Å². The van der Waals surface area contributed by atoms with E-state index in [9.17, 15) is 13.2 Å². The number of aromatic amines is 1. The molecule has 9 heteroatoms. The molecule has 8 nitrogen and oxygen atoms in total. The third-order valence-electron chi connectivity index (χ3n) is 4.34. The molecule has 1 aliphatic rings. The lowest BCUT2D eigenvalue weighted by Crippen LogP contribution is -2.44. The summed E-state index contributed by atoms with van der Waals surface area (Å²) in [4.78, 5) is 11.0. The Kier molecular flexibility index (Phi) is 5.24. The van der Waals surface area contributed by atoms with E-state index < -0.39 is 10.0 Å². The van der Waals surface area contributed by atoms with Crippen molar-refractivity contribution in [2.45, 2.75) is 43.7 Å². The van der Waals surface area contributed by atoms with E-state index in [4.69, 9.17) is 4.42 Å². The van der Waals surface area contributed by atoms with E-state index in [1.807, 2.05) is 0 Å². The quantitative estimate of drug-likeness (QED) is 0.809. The molecule has 25 heavy (non-hydrogen) atoms. The molecule has 0 spiro atoms. The smallest absolute Gasteiger partial charge is 0.276 e. The Balaban J connectivity index is 1.78. The number of aromatic nitrogens is 2. The molecule has 1 atom stereocenters. The molecule has 0 unspecified atom stereocenters. The number of rotatable bonds is 6. The van der Waals surface area contributed by atoms with Crippen LogP contribution < -0.4 is 5.32 Å². The Morgan fingerprint density at radius 1 is 1.40 bits per heavy atom. The standard InChI is InChI=1S/C16H22N4O4S/c1-12(21)17-9-7-13-4-2-3-11-20(13)25(22,23)16-6-5-15(24-16)14-8-10-18-19-14/h5-6,8,10,13H,2-4,7,9,11H2,1H3,(H,17,21)(H,18,19)/t13-/m0/s1. The van der Waals surface area contributed by atoms with Crippen molar-refractivity contribution in [3.63, 3.8) is 0 Å². The highest BCUT2D eigenvalue weighted by Gasteiger charge is 2.35. The van der Waals surface area contributed by atoms with Gasteiger partial charge >= 0.3 is 0 Å². The molecule has 0 saturated carbocycles. The second kappa shape index (κ2) is 7.40. The van der Waals surface area contributed by atoms with Crippen LogP contribution in [0.25, 0.3) is 11.5 Å². The van der Waals surface area contributed by atoms with Gasteiger partial charge in [-0.05, 0) is 37.5 Å². The van der Waals surface area contributed by atoms with Gasteiger partial charge in [-0.2, -0.15) is 9.40 Å². The van der Waals surface area contributed by atoms with Gasteiger partial charge in [0.15, 0.2) is 5.76 Å². The van der Waals surface area contributed by atoms with Crippen LogP contribution in [0.3, 0.4) is 0 Å².